The number of alkyl carbamates (subject to hydrolysis) is 1. The predicted molar refractivity (Wildman–Crippen MR) is 174 cm³/mol. The van der Waals surface area contributed by atoms with Crippen molar-refractivity contribution in [2.24, 2.45) is 5.92 Å². The number of aromatic hydroxyl groups is 2. The van der Waals surface area contributed by atoms with Crippen LogP contribution in [0.5, 0.6) is 11.5 Å². The number of phenols is 2. The molecule has 2 aromatic rings. The zero-order valence-electron chi connectivity index (χ0n) is 28.3. The fraction of sp³-hybridized carbons (Fsp3) is 0.500. The molecule has 258 valence electrons. The monoisotopic (exact) mass is 656 g/mol. The quantitative estimate of drug-likeness (QED) is 0.166. The summed E-state index contributed by atoms with van der Waals surface area (Å²) >= 11 is 0. The number of esters is 1. The van der Waals surface area contributed by atoms with E-state index >= 15 is 0 Å². The van der Waals surface area contributed by atoms with Crippen LogP contribution in [0.25, 0.3) is 0 Å². The number of methoxy groups -OCH3 is 1. The second-order valence-electron chi connectivity index (χ2n) is 13.0. The molecule has 0 heterocycles. The lowest BCUT2D eigenvalue weighted by Crippen LogP contribution is -2.63. The van der Waals surface area contributed by atoms with E-state index in [0.717, 1.165) is 0 Å². The van der Waals surface area contributed by atoms with Gasteiger partial charge in [-0.1, -0.05) is 44.5 Å². The summed E-state index contributed by atoms with van der Waals surface area (Å²) in [6, 6.07) is 8.83. The minimum atomic E-state index is -1.59. The van der Waals surface area contributed by atoms with Crippen LogP contribution in [0.1, 0.15) is 66.0 Å². The normalized spacial score (nSPS) is 14.0. The van der Waals surface area contributed by atoms with Crippen LogP contribution < -0.4 is 21.3 Å². The van der Waals surface area contributed by atoms with E-state index in [1.54, 1.807) is 52.0 Å². The molecule has 0 aliphatic heterocycles. The third-order valence-corrected chi connectivity index (χ3v) is 7.35. The minimum absolute atomic E-state index is 0.0000444. The molecule has 0 aliphatic carbocycles. The largest absolute Gasteiger partial charge is 0.508 e. The molecule has 0 saturated heterocycles. The summed E-state index contributed by atoms with van der Waals surface area (Å²) in [4.78, 5) is 65.9. The summed E-state index contributed by atoms with van der Waals surface area (Å²) in [5.74, 6) is -2.93. The standard InChI is InChI=1S/C34H48N4O9/c1-9-20(2)27(30(43)46-8)37-28(41)25(18-21-10-14-23(39)15-11-21)35-31(44)34(6,7)38-29(42)26(36-32(45)47-33(3,4)5)19-22-12-16-24(40)17-13-22/h10-17,20,25-27,39-40H,9,18-19H2,1-8H3,(H,35,44)(H,36,45)(H,37,41)(H,38,42)/t20-,25-,26-,27-/m0/s1. The van der Waals surface area contributed by atoms with Gasteiger partial charge in [-0.05, 0) is 75.9 Å². The van der Waals surface area contributed by atoms with Gasteiger partial charge in [0.2, 0.25) is 17.7 Å². The lowest BCUT2D eigenvalue weighted by atomic mass is 9.97. The van der Waals surface area contributed by atoms with E-state index < -0.39 is 59.0 Å². The highest BCUT2D eigenvalue weighted by molar-refractivity contribution is 5.96. The van der Waals surface area contributed by atoms with Gasteiger partial charge in [-0.3, -0.25) is 14.4 Å². The zero-order chi connectivity index (χ0) is 35.5. The Morgan fingerprint density at radius 2 is 1.21 bits per heavy atom. The third kappa shape index (κ3) is 12.5. The molecule has 4 amide bonds. The van der Waals surface area contributed by atoms with Crippen LogP contribution in [-0.2, 0) is 41.5 Å². The van der Waals surface area contributed by atoms with Gasteiger partial charge in [0.1, 0.15) is 40.8 Å². The molecule has 0 spiro atoms. The van der Waals surface area contributed by atoms with E-state index in [0.29, 0.717) is 17.5 Å². The first-order valence-corrected chi connectivity index (χ1v) is 15.4. The number of hydrogen-bond acceptors (Lipinski definition) is 9. The van der Waals surface area contributed by atoms with E-state index in [1.165, 1.54) is 45.2 Å². The van der Waals surface area contributed by atoms with E-state index in [4.69, 9.17) is 9.47 Å². The molecule has 13 nitrogen and oxygen atoms in total. The fourth-order valence-corrected chi connectivity index (χ4v) is 4.44. The molecule has 0 aliphatic rings. The molecule has 0 fully saturated rings. The molecule has 6 N–H and O–H groups in total. The maximum atomic E-state index is 13.7. The Bertz CT molecular complexity index is 1390. The number of ether oxygens (including phenoxy) is 2. The molecule has 0 unspecified atom stereocenters. The van der Waals surface area contributed by atoms with Crippen molar-refractivity contribution in [3.8, 4) is 11.5 Å². The van der Waals surface area contributed by atoms with E-state index in [9.17, 15) is 34.2 Å². The van der Waals surface area contributed by atoms with E-state index in [1.807, 2.05) is 6.92 Å². The summed E-state index contributed by atoms with van der Waals surface area (Å²) in [5.41, 5.74) is -1.20. The minimum Gasteiger partial charge on any atom is -0.508 e. The first kappa shape index (κ1) is 38.4. The Morgan fingerprint density at radius 3 is 1.64 bits per heavy atom. The highest BCUT2D eigenvalue weighted by atomic mass is 16.6. The topological polar surface area (TPSA) is 192 Å². The lowest BCUT2D eigenvalue weighted by Gasteiger charge is -2.31. The van der Waals surface area contributed by atoms with Crippen LogP contribution in [0.15, 0.2) is 48.5 Å². The van der Waals surface area contributed by atoms with E-state index in [2.05, 4.69) is 21.3 Å². The van der Waals surface area contributed by atoms with Crippen LogP contribution in [0, 0.1) is 5.92 Å². The van der Waals surface area contributed by atoms with Crippen molar-refractivity contribution in [3.05, 3.63) is 59.7 Å². The molecule has 0 saturated carbocycles. The van der Waals surface area contributed by atoms with Crippen molar-refractivity contribution in [2.75, 3.05) is 7.11 Å². The predicted octanol–water partition coefficient (Wildman–Crippen LogP) is 2.86. The Kier molecular flexibility index (Phi) is 13.6. The summed E-state index contributed by atoms with van der Waals surface area (Å²) in [5, 5.41) is 30.0. The number of benzene rings is 2. The summed E-state index contributed by atoms with van der Waals surface area (Å²) < 4.78 is 10.2. The lowest BCUT2D eigenvalue weighted by molar-refractivity contribution is -0.147. The number of carbonyl (C=O) groups excluding carboxylic acids is 5. The second kappa shape index (κ2) is 16.7. The number of phenolic OH excluding ortho intramolecular Hbond substituents is 2. The number of hydrogen-bond donors (Lipinski definition) is 6. The van der Waals surface area contributed by atoms with Gasteiger partial charge >= 0.3 is 12.1 Å². The Labute approximate surface area is 275 Å². The molecule has 47 heavy (non-hydrogen) atoms. The summed E-state index contributed by atoms with van der Waals surface area (Å²) in [6.45, 7) is 11.6. The van der Waals surface area contributed by atoms with Gasteiger partial charge in [-0.25, -0.2) is 9.59 Å². The number of rotatable bonds is 14. The van der Waals surface area contributed by atoms with Gasteiger partial charge in [0, 0.05) is 12.8 Å². The average molecular weight is 657 g/mol. The number of amides is 4. The van der Waals surface area contributed by atoms with Crippen molar-refractivity contribution in [1.29, 1.82) is 0 Å². The molecule has 13 heteroatoms. The zero-order valence-corrected chi connectivity index (χ0v) is 28.3. The summed E-state index contributed by atoms with van der Waals surface area (Å²) in [7, 11) is 1.22. The maximum Gasteiger partial charge on any atom is 0.408 e. The van der Waals surface area contributed by atoms with Gasteiger partial charge in [0.05, 0.1) is 7.11 Å². The molecule has 0 aromatic heterocycles. The summed E-state index contributed by atoms with van der Waals surface area (Å²) in [6.07, 6.45) is -0.262. The van der Waals surface area contributed by atoms with Crippen LogP contribution in [0.3, 0.4) is 0 Å². The molecule has 4 atom stereocenters. The van der Waals surface area contributed by atoms with Gasteiger partial charge < -0.3 is 41.0 Å². The van der Waals surface area contributed by atoms with Crippen molar-refractivity contribution < 1.29 is 43.7 Å². The Hall–Kier alpha value is -4.81. The molecular formula is C34H48N4O9. The van der Waals surface area contributed by atoms with Gasteiger partial charge in [-0.15, -0.1) is 0 Å². The average Bonchev–Trinajstić information content (AvgIpc) is 2.99. The third-order valence-electron chi connectivity index (χ3n) is 7.35. The first-order valence-electron chi connectivity index (χ1n) is 15.4. The van der Waals surface area contributed by atoms with Crippen molar-refractivity contribution in [3.63, 3.8) is 0 Å². The molecule has 2 aromatic carbocycles. The van der Waals surface area contributed by atoms with Crippen molar-refractivity contribution in [1.82, 2.24) is 21.3 Å². The fourth-order valence-electron chi connectivity index (χ4n) is 4.44. The van der Waals surface area contributed by atoms with Crippen molar-refractivity contribution in [2.45, 2.75) is 97.0 Å². The Balaban J connectivity index is 2.32. The van der Waals surface area contributed by atoms with Gasteiger partial charge in [0.25, 0.3) is 0 Å². The van der Waals surface area contributed by atoms with Crippen LogP contribution in [0.4, 0.5) is 4.79 Å². The number of nitrogens with one attached hydrogen (secondary N) is 4. The van der Waals surface area contributed by atoms with Crippen LogP contribution in [-0.4, -0.2) is 76.4 Å². The van der Waals surface area contributed by atoms with Crippen LogP contribution >= 0.6 is 0 Å². The van der Waals surface area contributed by atoms with Gasteiger partial charge in [-0.2, -0.15) is 0 Å². The highest BCUT2D eigenvalue weighted by Crippen LogP contribution is 2.16. The van der Waals surface area contributed by atoms with Crippen LogP contribution in [0.2, 0.25) is 0 Å². The molecule has 0 bridgehead atoms. The SMILES string of the molecule is CC[C@H](C)[C@H](NC(=O)[C@H](Cc1ccc(O)cc1)NC(=O)C(C)(C)NC(=O)[C@H](Cc1ccc(O)cc1)NC(=O)OC(C)(C)C)C(=O)OC. The Morgan fingerprint density at radius 1 is 0.745 bits per heavy atom. The molecule has 0 radical (unpaired) electrons. The molecular weight excluding hydrogens is 608 g/mol. The van der Waals surface area contributed by atoms with Crippen molar-refractivity contribution >= 4 is 29.8 Å². The van der Waals surface area contributed by atoms with Gasteiger partial charge in [0.15, 0.2) is 0 Å². The highest BCUT2D eigenvalue weighted by Gasteiger charge is 2.37. The second-order valence-corrected chi connectivity index (χ2v) is 13.0. The van der Waals surface area contributed by atoms with E-state index in [-0.39, 0.29) is 30.3 Å². The number of carbonyl (C=O) groups is 5. The molecule has 2 rings (SSSR count). The smallest absolute Gasteiger partial charge is 0.408 e. The first-order chi connectivity index (χ1) is 21.8. The maximum absolute atomic E-state index is 13.7.